The fraction of sp³-hybridized carbons (Fsp3) is 0.200. The Morgan fingerprint density at radius 3 is 2.41 bits per heavy atom. The summed E-state index contributed by atoms with van der Waals surface area (Å²) in [6, 6.07) is 5.78. The molecule has 1 fully saturated rings. The Hall–Kier alpha value is -2.66. The van der Waals surface area contributed by atoms with E-state index < -0.39 is 35.6 Å². The normalized spacial score (nSPS) is 17.2. The van der Waals surface area contributed by atoms with Crippen LogP contribution in [0.2, 0.25) is 5.02 Å². The number of ether oxygens (including phenoxy) is 1. The number of rotatable bonds is 4. The van der Waals surface area contributed by atoms with E-state index in [4.69, 9.17) is 16.3 Å². The fourth-order valence-corrected chi connectivity index (χ4v) is 3.79. The Morgan fingerprint density at radius 2 is 1.81 bits per heavy atom. The molecule has 170 valence electrons. The first-order valence-corrected chi connectivity index (χ1v) is 9.95. The molecule has 0 saturated carbocycles. The molecule has 12 heteroatoms. The molecular weight excluding hydrogens is 482 g/mol. The lowest BCUT2D eigenvalue weighted by Crippen LogP contribution is -2.18. The first kappa shape index (κ1) is 24.0. The van der Waals surface area contributed by atoms with Crippen molar-refractivity contribution < 1.29 is 35.9 Å². The van der Waals surface area contributed by atoms with E-state index in [2.05, 4.69) is 10.3 Å². The van der Waals surface area contributed by atoms with Crippen LogP contribution in [0.5, 0.6) is 5.75 Å². The molecule has 2 aromatic rings. The second kappa shape index (κ2) is 9.07. The average molecular weight is 495 g/mol. The molecule has 1 heterocycles. The van der Waals surface area contributed by atoms with Crippen molar-refractivity contribution in [2.45, 2.75) is 19.0 Å². The van der Waals surface area contributed by atoms with Crippen LogP contribution in [-0.2, 0) is 19.0 Å². The Labute approximate surface area is 187 Å². The number of hydrogen-bond acceptors (Lipinski definition) is 4. The fourth-order valence-electron chi connectivity index (χ4n) is 2.77. The molecule has 0 aromatic heterocycles. The van der Waals surface area contributed by atoms with Gasteiger partial charge in [0, 0.05) is 12.6 Å². The van der Waals surface area contributed by atoms with Gasteiger partial charge < -0.3 is 10.1 Å². The topological polar surface area (TPSA) is 50.7 Å². The van der Waals surface area contributed by atoms with Crippen LogP contribution in [0.1, 0.15) is 22.3 Å². The number of amidine groups is 1. The van der Waals surface area contributed by atoms with Gasteiger partial charge in [-0.05, 0) is 47.7 Å². The van der Waals surface area contributed by atoms with E-state index in [0.29, 0.717) is 22.4 Å². The van der Waals surface area contributed by atoms with Gasteiger partial charge in [-0.3, -0.25) is 9.79 Å². The van der Waals surface area contributed by atoms with Gasteiger partial charge in [0.2, 0.25) is 0 Å². The average Bonchev–Trinajstić information content (AvgIpc) is 3.05. The van der Waals surface area contributed by atoms with Crippen LogP contribution >= 0.6 is 23.4 Å². The molecule has 1 aliphatic rings. The predicted molar refractivity (Wildman–Crippen MR) is 110 cm³/mol. The van der Waals surface area contributed by atoms with E-state index >= 15 is 0 Å². The van der Waals surface area contributed by atoms with Crippen LogP contribution in [0.15, 0.2) is 46.3 Å². The lowest BCUT2D eigenvalue weighted by molar-refractivity contribution is -0.143. The number of amides is 1. The molecule has 1 amide bonds. The molecule has 4 nitrogen and oxygen atoms in total. The number of nitrogens with zero attached hydrogens (tertiary/aromatic N) is 1. The van der Waals surface area contributed by atoms with Crippen LogP contribution in [0.3, 0.4) is 0 Å². The minimum absolute atomic E-state index is 0.0412. The quantitative estimate of drug-likeness (QED) is 0.476. The van der Waals surface area contributed by atoms with E-state index in [-0.39, 0.29) is 22.1 Å². The third kappa shape index (κ3) is 5.57. The van der Waals surface area contributed by atoms with E-state index in [9.17, 15) is 31.1 Å². The lowest BCUT2D eigenvalue weighted by Gasteiger charge is -2.17. The molecule has 0 aliphatic carbocycles. The summed E-state index contributed by atoms with van der Waals surface area (Å²) in [5.74, 6) is 0.429. The van der Waals surface area contributed by atoms with Crippen molar-refractivity contribution >= 4 is 40.5 Å². The molecule has 0 spiro atoms. The van der Waals surface area contributed by atoms with Gasteiger partial charge >= 0.3 is 12.4 Å². The molecule has 1 aliphatic heterocycles. The second-order valence-corrected chi connectivity index (χ2v) is 7.86. The molecule has 1 N–H and O–H groups in total. The molecular formula is C20H13ClF6N2O2S. The zero-order valence-corrected chi connectivity index (χ0v) is 17.6. The number of halogens is 7. The van der Waals surface area contributed by atoms with E-state index in [1.807, 2.05) is 0 Å². The Morgan fingerprint density at radius 1 is 1.09 bits per heavy atom. The first-order chi connectivity index (χ1) is 14.9. The minimum Gasteiger partial charge on any atom is -0.487 e. The molecule has 32 heavy (non-hydrogen) atoms. The van der Waals surface area contributed by atoms with Crippen LogP contribution in [0, 0.1) is 0 Å². The highest BCUT2D eigenvalue weighted by Crippen LogP contribution is 2.38. The number of hydrogen-bond donors (Lipinski definition) is 1. The maximum absolute atomic E-state index is 13.3. The summed E-state index contributed by atoms with van der Waals surface area (Å²) in [6.07, 6.45) is -8.27. The van der Waals surface area contributed by atoms with Crippen molar-refractivity contribution in [2.75, 3.05) is 7.05 Å². The van der Waals surface area contributed by atoms with Crippen molar-refractivity contribution in [3.05, 3.63) is 68.6 Å². The number of carbonyl (C=O) groups is 1. The molecule has 1 saturated heterocycles. The van der Waals surface area contributed by atoms with Crippen LogP contribution in [-0.4, -0.2) is 18.1 Å². The first-order valence-electron chi connectivity index (χ1n) is 8.76. The summed E-state index contributed by atoms with van der Waals surface area (Å²) < 4.78 is 83.5. The maximum atomic E-state index is 13.3. The second-order valence-electron chi connectivity index (χ2n) is 6.44. The van der Waals surface area contributed by atoms with Gasteiger partial charge in [-0.1, -0.05) is 23.7 Å². The number of aliphatic imine (C=N–C) groups is 1. The molecule has 0 radical (unpaired) electrons. The summed E-state index contributed by atoms with van der Waals surface area (Å²) in [6.45, 7) is -0.645. The number of nitrogens with one attached hydrogen (secondary N) is 1. The largest absolute Gasteiger partial charge is 0.487 e. The van der Waals surface area contributed by atoms with Crippen LogP contribution in [0.4, 0.5) is 31.1 Å². The summed E-state index contributed by atoms with van der Waals surface area (Å²) >= 11 is 7.09. The van der Waals surface area contributed by atoms with Crippen LogP contribution in [0.25, 0.3) is 6.08 Å². The SMILES string of the molecule is CN=C1NC(=O)SC1=Cc1ccc(OCc2ccc(C(F)(F)F)cc2C(F)(F)F)c(Cl)c1. The summed E-state index contributed by atoms with van der Waals surface area (Å²) in [4.78, 5) is 16.0. The van der Waals surface area contributed by atoms with Gasteiger partial charge in [0.05, 0.1) is 21.1 Å². The smallest absolute Gasteiger partial charge is 0.416 e. The lowest BCUT2D eigenvalue weighted by atomic mass is 10.0. The molecule has 0 bridgehead atoms. The molecule has 0 atom stereocenters. The predicted octanol–water partition coefficient (Wildman–Crippen LogP) is 6.78. The van der Waals surface area contributed by atoms with Crippen molar-refractivity contribution in [2.24, 2.45) is 4.99 Å². The molecule has 3 rings (SSSR count). The Kier molecular flexibility index (Phi) is 6.80. The highest BCUT2D eigenvalue weighted by atomic mass is 35.5. The van der Waals surface area contributed by atoms with Gasteiger partial charge in [0.15, 0.2) is 0 Å². The van der Waals surface area contributed by atoms with Crippen molar-refractivity contribution in [3.63, 3.8) is 0 Å². The van der Waals surface area contributed by atoms with Gasteiger partial charge in [0.25, 0.3) is 5.24 Å². The zero-order chi connectivity index (χ0) is 23.7. The third-order valence-electron chi connectivity index (χ3n) is 4.26. The van der Waals surface area contributed by atoms with Crippen LogP contribution < -0.4 is 10.1 Å². The van der Waals surface area contributed by atoms with E-state index in [1.165, 1.54) is 19.2 Å². The monoisotopic (exact) mass is 494 g/mol. The number of benzene rings is 2. The zero-order valence-electron chi connectivity index (χ0n) is 16.1. The van der Waals surface area contributed by atoms with E-state index in [0.717, 1.165) is 17.8 Å². The third-order valence-corrected chi connectivity index (χ3v) is 5.37. The summed E-state index contributed by atoms with van der Waals surface area (Å²) in [5.41, 5.74) is -2.74. The van der Waals surface area contributed by atoms with Gasteiger partial charge in [-0.2, -0.15) is 26.3 Å². The summed E-state index contributed by atoms with van der Waals surface area (Å²) in [7, 11) is 1.51. The minimum atomic E-state index is -5.00. The summed E-state index contributed by atoms with van der Waals surface area (Å²) in [5, 5.41) is 2.33. The molecule has 0 unspecified atom stereocenters. The van der Waals surface area contributed by atoms with Crippen molar-refractivity contribution in [1.82, 2.24) is 5.32 Å². The van der Waals surface area contributed by atoms with Crippen molar-refractivity contribution in [3.8, 4) is 5.75 Å². The molecule has 2 aromatic carbocycles. The van der Waals surface area contributed by atoms with Crippen molar-refractivity contribution in [1.29, 1.82) is 0 Å². The number of alkyl halides is 6. The van der Waals surface area contributed by atoms with Gasteiger partial charge in [-0.15, -0.1) is 0 Å². The van der Waals surface area contributed by atoms with Gasteiger partial charge in [0.1, 0.15) is 18.2 Å². The highest BCUT2D eigenvalue weighted by molar-refractivity contribution is 8.18. The highest BCUT2D eigenvalue weighted by Gasteiger charge is 2.38. The Bertz CT molecular complexity index is 1110. The van der Waals surface area contributed by atoms with Gasteiger partial charge in [-0.25, -0.2) is 0 Å². The maximum Gasteiger partial charge on any atom is 0.416 e. The Balaban J connectivity index is 1.81. The van der Waals surface area contributed by atoms with E-state index in [1.54, 1.807) is 12.1 Å². The standard InChI is InChI=1S/C20H13ClF6N2O2S/c1-28-17-16(32-18(30)29-17)7-10-2-5-15(14(21)6-10)31-9-11-3-4-12(19(22,23)24)8-13(11)20(25,26)27/h2-8H,9H2,1H3,(H,28,29,30). The number of carbonyl (C=O) groups excluding carboxylic acids is 1. The number of thioether (sulfide) groups is 1.